The third-order valence-corrected chi connectivity index (χ3v) is 5.69. The molecule has 0 bridgehead atoms. The zero-order valence-electron chi connectivity index (χ0n) is 17.0. The lowest BCUT2D eigenvalue weighted by Crippen LogP contribution is -2.39. The van der Waals surface area contributed by atoms with Gasteiger partial charge in [-0.15, -0.1) is 5.10 Å². The number of pyridine rings is 1. The largest absolute Gasteiger partial charge is 0.490 e. The highest BCUT2D eigenvalue weighted by Gasteiger charge is 2.25. The number of amides is 1. The van der Waals surface area contributed by atoms with E-state index in [1.165, 1.54) is 0 Å². The first kappa shape index (κ1) is 19.2. The second kappa shape index (κ2) is 8.55. The number of benzene rings is 2. The smallest absolute Gasteiger partial charge is 0.273 e. The van der Waals surface area contributed by atoms with Crippen LogP contribution in [0.3, 0.4) is 0 Å². The lowest BCUT2D eigenvalue weighted by atomic mass is 9.92. The zero-order chi connectivity index (χ0) is 21.0. The van der Waals surface area contributed by atoms with Crippen LogP contribution in [0.25, 0.3) is 16.5 Å². The maximum Gasteiger partial charge on any atom is 0.273 e. The van der Waals surface area contributed by atoms with E-state index in [2.05, 4.69) is 20.6 Å². The Labute approximate surface area is 180 Å². The number of ether oxygens (including phenoxy) is 1. The highest BCUT2D eigenvalue weighted by atomic mass is 16.5. The topological polar surface area (TPSA) is 81.9 Å². The van der Waals surface area contributed by atoms with E-state index in [4.69, 9.17) is 4.74 Å². The number of nitrogens with zero attached hydrogens (tertiary/aromatic N) is 4. The summed E-state index contributed by atoms with van der Waals surface area (Å²) in [5, 5.41) is 13.3. The Balaban J connectivity index is 1.17. The molecule has 31 heavy (non-hydrogen) atoms. The van der Waals surface area contributed by atoms with E-state index in [0.29, 0.717) is 5.69 Å². The fraction of sp³-hybridized carbons (Fsp3) is 0.250. The predicted molar refractivity (Wildman–Crippen MR) is 117 cm³/mol. The average molecular weight is 413 g/mol. The Bertz CT molecular complexity index is 1180. The lowest BCUT2D eigenvalue weighted by molar-refractivity contribution is 0.0890. The minimum Gasteiger partial charge on any atom is -0.490 e. The normalized spacial score (nSPS) is 18.6. The molecule has 1 amide bonds. The summed E-state index contributed by atoms with van der Waals surface area (Å²) in [6.07, 6.45) is 8.97. The molecule has 1 aliphatic rings. The number of carbonyl (C=O) groups excluding carboxylic acids is 1. The molecule has 7 nitrogen and oxygen atoms in total. The van der Waals surface area contributed by atoms with Gasteiger partial charge in [-0.05, 0) is 49.9 Å². The molecule has 0 unspecified atom stereocenters. The van der Waals surface area contributed by atoms with Gasteiger partial charge in [-0.25, -0.2) is 4.68 Å². The second-order valence-corrected chi connectivity index (χ2v) is 7.80. The first-order valence-electron chi connectivity index (χ1n) is 10.5. The monoisotopic (exact) mass is 413 g/mol. The van der Waals surface area contributed by atoms with Gasteiger partial charge in [0, 0.05) is 29.2 Å². The number of aromatic nitrogens is 4. The van der Waals surface area contributed by atoms with Gasteiger partial charge in [-0.2, -0.15) is 0 Å². The Hall–Kier alpha value is -3.74. The van der Waals surface area contributed by atoms with Gasteiger partial charge in [0.05, 0.1) is 18.0 Å². The van der Waals surface area contributed by atoms with Gasteiger partial charge in [-0.3, -0.25) is 9.78 Å². The van der Waals surface area contributed by atoms with Gasteiger partial charge in [0.15, 0.2) is 5.69 Å². The van der Waals surface area contributed by atoms with Gasteiger partial charge < -0.3 is 10.1 Å². The summed E-state index contributed by atoms with van der Waals surface area (Å²) >= 11 is 0. The molecule has 7 heteroatoms. The van der Waals surface area contributed by atoms with Crippen molar-refractivity contribution in [2.24, 2.45) is 0 Å². The number of hydrogen-bond donors (Lipinski definition) is 1. The molecule has 0 aliphatic heterocycles. The number of nitrogens with one attached hydrogen (secondary N) is 1. The van der Waals surface area contributed by atoms with Crippen LogP contribution >= 0.6 is 0 Å². The van der Waals surface area contributed by atoms with E-state index >= 15 is 0 Å². The summed E-state index contributed by atoms with van der Waals surface area (Å²) in [6.45, 7) is 0. The van der Waals surface area contributed by atoms with Crippen LogP contribution in [0.2, 0.25) is 0 Å². The zero-order valence-corrected chi connectivity index (χ0v) is 17.0. The predicted octanol–water partition coefficient (Wildman–Crippen LogP) is 3.94. The average Bonchev–Trinajstić information content (AvgIpc) is 3.32. The molecule has 2 aromatic carbocycles. The van der Waals surface area contributed by atoms with Crippen LogP contribution in [0.15, 0.2) is 73.2 Å². The fourth-order valence-electron chi connectivity index (χ4n) is 4.03. The number of para-hydroxylation sites is 1. The van der Waals surface area contributed by atoms with Crippen molar-refractivity contribution in [3.63, 3.8) is 0 Å². The molecule has 5 rings (SSSR count). The van der Waals surface area contributed by atoms with E-state index in [-0.39, 0.29) is 18.1 Å². The third-order valence-electron chi connectivity index (χ3n) is 5.69. The Morgan fingerprint density at radius 2 is 1.84 bits per heavy atom. The summed E-state index contributed by atoms with van der Waals surface area (Å²) < 4.78 is 7.90. The quantitative estimate of drug-likeness (QED) is 0.536. The molecule has 0 radical (unpaired) electrons. The molecule has 156 valence electrons. The fourth-order valence-corrected chi connectivity index (χ4v) is 4.03. The van der Waals surface area contributed by atoms with Crippen molar-refractivity contribution in [2.45, 2.75) is 37.8 Å². The molecule has 0 atom stereocenters. The highest BCUT2D eigenvalue weighted by Crippen LogP contribution is 2.29. The van der Waals surface area contributed by atoms with Crippen LogP contribution in [0, 0.1) is 0 Å². The van der Waals surface area contributed by atoms with Crippen molar-refractivity contribution in [1.82, 2.24) is 25.3 Å². The molecule has 2 aromatic heterocycles. The van der Waals surface area contributed by atoms with Crippen LogP contribution in [-0.2, 0) is 0 Å². The van der Waals surface area contributed by atoms with Gasteiger partial charge >= 0.3 is 0 Å². The van der Waals surface area contributed by atoms with Crippen molar-refractivity contribution >= 4 is 16.7 Å². The standard InChI is InChI=1S/C24H23N5O2/c30-24(22-16-29(28-27-22)19-6-2-1-3-7-19)26-18-9-11-20(12-10-18)31-23-8-4-5-17-15-25-14-13-21(17)23/h1-8,13-16,18,20H,9-12H2,(H,26,30). The molecule has 2 heterocycles. The second-order valence-electron chi connectivity index (χ2n) is 7.80. The summed E-state index contributed by atoms with van der Waals surface area (Å²) in [5.41, 5.74) is 1.20. The van der Waals surface area contributed by atoms with Crippen LogP contribution < -0.4 is 10.1 Å². The Morgan fingerprint density at radius 1 is 1.00 bits per heavy atom. The maximum atomic E-state index is 12.6. The summed E-state index contributed by atoms with van der Waals surface area (Å²) in [4.78, 5) is 16.8. The van der Waals surface area contributed by atoms with Gasteiger partial charge in [-0.1, -0.05) is 35.5 Å². The molecular weight excluding hydrogens is 390 g/mol. The Morgan fingerprint density at radius 3 is 2.68 bits per heavy atom. The number of hydrogen-bond acceptors (Lipinski definition) is 5. The highest BCUT2D eigenvalue weighted by molar-refractivity contribution is 5.92. The minimum absolute atomic E-state index is 0.117. The molecule has 1 aliphatic carbocycles. The van der Waals surface area contributed by atoms with Gasteiger partial charge in [0.25, 0.3) is 5.91 Å². The van der Waals surface area contributed by atoms with Crippen LogP contribution in [0.1, 0.15) is 36.2 Å². The van der Waals surface area contributed by atoms with Crippen LogP contribution in [-0.4, -0.2) is 38.0 Å². The van der Waals surface area contributed by atoms with Crippen LogP contribution in [0.5, 0.6) is 5.75 Å². The number of fused-ring (bicyclic) bond motifs is 1. The summed E-state index contributed by atoms with van der Waals surface area (Å²) in [6, 6.07) is 17.8. The van der Waals surface area contributed by atoms with Gasteiger partial charge in [0.1, 0.15) is 5.75 Å². The molecule has 1 fully saturated rings. The SMILES string of the molecule is O=C(NC1CCC(Oc2cccc3cnccc23)CC1)c1cn(-c2ccccc2)nn1. The molecule has 1 saturated carbocycles. The van der Waals surface area contributed by atoms with E-state index in [1.54, 1.807) is 17.1 Å². The van der Waals surface area contributed by atoms with E-state index in [1.807, 2.05) is 60.8 Å². The van der Waals surface area contributed by atoms with E-state index < -0.39 is 0 Å². The number of carbonyl (C=O) groups is 1. The first-order chi connectivity index (χ1) is 15.3. The van der Waals surface area contributed by atoms with E-state index in [9.17, 15) is 4.79 Å². The molecule has 0 saturated heterocycles. The third kappa shape index (κ3) is 4.26. The maximum absolute atomic E-state index is 12.6. The molecule has 0 spiro atoms. The summed E-state index contributed by atoms with van der Waals surface area (Å²) in [5.74, 6) is 0.706. The summed E-state index contributed by atoms with van der Waals surface area (Å²) in [7, 11) is 0. The molecular formula is C24H23N5O2. The van der Waals surface area contributed by atoms with E-state index in [0.717, 1.165) is 47.9 Å². The lowest BCUT2D eigenvalue weighted by Gasteiger charge is -2.29. The van der Waals surface area contributed by atoms with Crippen molar-refractivity contribution in [2.75, 3.05) is 0 Å². The molecule has 4 aromatic rings. The van der Waals surface area contributed by atoms with Crippen molar-refractivity contribution < 1.29 is 9.53 Å². The van der Waals surface area contributed by atoms with Crippen molar-refractivity contribution in [3.05, 3.63) is 78.9 Å². The van der Waals surface area contributed by atoms with Gasteiger partial charge in [0.2, 0.25) is 0 Å². The minimum atomic E-state index is -0.187. The van der Waals surface area contributed by atoms with Crippen molar-refractivity contribution in [3.8, 4) is 11.4 Å². The van der Waals surface area contributed by atoms with Crippen molar-refractivity contribution in [1.29, 1.82) is 0 Å². The Kier molecular flexibility index (Phi) is 5.31. The van der Waals surface area contributed by atoms with Crippen LogP contribution in [0.4, 0.5) is 0 Å². The number of rotatable bonds is 5. The first-order valence-corrected chi connectivity index (χ1v) is 10.5. The molecule has 1 N–H and O–H groups in total.